The number of hydrogen-bond acceptors (Lipinski definition) is 3. The molecule has 0 fully saturated rings. The molecule has 4 nitrogen and oxygen atoms in total. The SMILES string of the molecule is CCCCCCC(=O)Nc1ccc2oc(Cc3ccc(Cl)cc3)nc2c1. The fourth-order valence-corrected chi connectivity index (χ4v) is 2.97. The first kappa shape index (κ1) is 18.5. The molecule has 136 valence electrons. The van der Waals surface area contributed by atoms with E-state index in [1.807, 2.05) is 42.5 Å². The van der Waals surface area contributed by atoms with E-state index in [4.69, 9.17) is 16.0 Å². The van der Waals surface area contributed by atoms with Gasteiger partial charge < -0.3 is 9.73 Å². The Morgan fingerprint density at radius 3 is 2.69 bits per heavy atom. The molecule has 26 heavy (non-hydrogen) atoms. The van der Waals surface area contributed by atoms with Gasteiger partial charge in [0.25, 0.3) is 0 Å². The fraction of sp³-hybridized carbons (Fsp3) is 0.333. The highest BCUT2D eigenvalue weighted by molar-refractivity contribution is 6.30. The number of halogens is 1. The Morgan fingerprint density at radius 1 is 1.12 bits per heavy atom. The van der Waals surface area contributed by atoms with E-state index >= 15 is 0 Å². The summed E-state index contributed by atoms with van der Waals surface area (Å²) in [5.74, 6) is 0.690. The second-order valence-corrected chi connectivity index (χ2v) is 6.89. The third kappa shape index (κ3) is 5.09. The van der Waals surface area contributed by atoms with Crippen molar-refractivity contribution in [3.05, 3.63) is 58.9 Å². The summed E-state index contributed by atoms with van der Waals surface area (Å²) in [6.07, 6.45) is 5.53. The zero-order valence-corrected chi connectivity index (χ0v) is 15.7. The molecule has 0 bridgehead atoms. The normalized spacial score (nSPS) is 11.0. The van der Waals surface area contributed by atoms with Crippen molar-refractivity contribution in [3.8, 4) is 0 Å². The van der Waals surface area contributed by atoms with Crippen LogP contribution in [-0.2, 0) is 11.2 Å². The number of unbranched alkanes of at least 4 members (excludes halogenated alkanes) is 3. The summed E-state index contributed by atoms with van der Waals surface area (Å²) in [6.45, 7) is 2.16. The van der Waals surface area contributed by atoms with E-state index in [1.54, 1.807) is 0 Å². The van der Waals surface area contributed by atoms with Crippen molar-refractivity contribution in [2.45, 2.75) is 45.4 Å². The molecule has 3 aromatic rings. The highest BCUT2D eigenvalue weighted by atomic mass is 35.5. The number of rotatable bonds is 8. The van der Waals surface area contributed by atoms with Gasteiger partial charge in [-0.1, -0.05) is 49.9 Å². The molecule has 0 atom stereocenters. The minimum absolute atomic E-state index is 0.0466. The predicted octanol–water partition coefficient (Wildman–Crippen LogP) is 5.98. The van der Waals surface area contributed by atoms with Crippen LogP contribution in [0.4, 0.5) is 5.69 Å². The Bertz CT molecular complexity index is 871. The molecule has 0 aliphatic heterocycles. The number of anilines is 1. The Balaban J connectivity index is 1.63. The van der Waals surface area contributed by atoms with Crippen LogP contribution in [0.25, 0.3) is 11.1 Å². The molecule has 2 aromatic carbocycles. The van der Waals surface area contributed by atoms with Gasteiger partial charge >= 0.3 is 0 Å². The average Bonchev–Trinajstić information content (AvgIpc) is 3.02. The van der Waals surface area contributed by atoms with Gasteiger partial charge in [0.2, 0.25) is 5.91 Å². The smallest absolute Gasteiger partial charge is 0.224 e. The lowest BCUT2D eigenvalue weighted by molar-refractivity contribution is -0.116. The van der Waals surface area contributed by atoms with Crippen molar-refractivity contribution >= 4 is 34.3 Å². The van der Waals surface area contributed by atoms with Gasteiger partial charge in [0.15, 0.2) is 11.5 Å². The van der Waals surface area contributed by atoms with Crippen molar-refractivity contribution in [2.24, 2.45) is 0 Å². The lowest BCUT2D eigenvalue weighted by atomic mass is 10.1. The maximum Gasteiger partial charge on any atom is 0.224 e. The summed E-state index contributed by atoms with van der Waals surface area (Å²) in [6, 6.07) is 13.2. The van der Waals surface area contributed by atoms with Crippen LogP contribution in [0.3, 0.4) is 0 Å². The Morgan fingerprint density at radius 2 is 1.92 bits per heavy atom. The summed E-state index contributed by atoms with van der Waals surface area (Å²) in [4.78, 5) is 16.6. The number of oxazole rings is 1. The molecule has 3 rings (SSSR count). The van der Waals surface area contributed by atoms with E-state index in [-0.39, 0.29) is 5.91 Å². The standard InChI is InChI=1S/C21H23ClN2O2/c1-2-3-4-5-6-20(25)23-17-11-12-19-18(14-17)24-21(26-19)13-15-7-9-16(22)10-8-15/h7-12,14H,2-6,13H2,1H3,(H,23,25). The zero-order valence-electron chi connectivity index (χ0n) is 14.9. The molecular weight excluding hydrogens is 348 g/mol. The predicted molar refractivity (Wildman–Crippen MR) is 106 cm³/mol. The molecule has 1 aromatic heterocycles. The van der Waals surface area contributed by atoms with Gasteiger partial charge in [0.05, 0.1) is 0 Å². The van der Waals surface area contributed by atoms with Gasteiger partial charge in [0, 0.05) is 23.6 Å². The van der Waals surface area contributed by atoms with Gasteiger partial charge in [-0.15, -0.1) is 0 Å². The van der Waals surface area contributed by atoms with Crippen molar-refractivity contribution in [3.63, 3.8) is 0 Å². The number of fused-ring (bicyclic) bond motifs is 1. The number of aromatic nitrogens is 1. The summed E-state index contributed by atoms with van der Waals surface area (Å²) in [5.41, 5.74) is 3.30. The molecule has 5 heteroatoms. The van der Waals surface area contributed by atoms with Gasteiger partial charge in [-0.3, -0.25) is 4.79 Å². The average molecular weight is 371 g/mol. The van der Waals surface area contributed by atoms with Crippen molar-refractivity contribution in [2.75, 3.05) is 5.32 Å². The molecule has 0 aliphatic rings. The maximum atomic E-state index is 12.0. The third-order valence-corrected chi connectivity index (χ3v) is 4.49. The number of nitrogens with one attached hydrogen (secondary N) is 1. The molecule has 0 saturated heterocycles. The quantitative estimate of drug-likeness (QED) is 0.496. The third-order valence-electron chi connectivity index (χ3n) is 4.24. The van der Waals surface area contributed by atoms with Crippen LogP contribution in [0.15, 0.2) is 46.9 Å². The van der Waals surface area contributed by atoms with E-state index in [9.17, 15) is 4.79 Å². The maximum absolute atomic E-state index is 12.0. The van der Waals surface area contributed by atoms with Gasteiger partial charge in [0.1, 0.15) is 5.52 Å². The van der Waals surface area contributed by atoms with Crippen molar-refractivity contribution in [1.29, 1.82) is 0 Å². The fourth-order valence-electron chi connectivity index (χ4n) is 2.84. The first-order valence-electron chi connectivity index (χ1n) is 9.08. The second-order valence-electron chi connectivity index (χ2n) is 6.45. The van der Waals surface area contributed by atoms with E-state index in [2.05, 4.69) is 17.2 Å². The molecule has 1 heterocycles. The van der Waals surface area contributed by atoms with Crippen LogP contribution in [-0.4, -0.2) is 10.9 Å². The van der Waals surface area contributed by atoms with Crippen LogP contribution in [0, 0.1) is 0 Å². The van der Waals surface area contributed by atoms with Crippen LogP contribution < -0.4 is 5.32 Å². The monoisotopic (exact) mass is 370 g/mol. The zero-order chi connectivity index (χ0) is 18.4. The lowest BCUT2D eigenvalue weighted by Crippen LogP contribution is -2.10. The summed E-state index contributed by atoms with van der Waals surface area (Å²) in [7, 11) is 0. The number of hydrogen-bond donors (Lipinski definition) is 1. The Hall–Kier alpha value is -2.33. The van der Waals surface area contributed by atoms with Crippen LogP contribution in [0.2, 0.25) is 5.02 Å². The van der Waals surface area contributed by atoms with Gasteiger partial charge in [-0.2, -0.15) is 0 Å². The molecular formula is C21H23ClN2O2. The Labute approximate surface area is 158 Å². The summed E-state index contributed by atoms with van der Waals surface area (Å²) >= 11 is 5.91. The first-order valence-corrected chi connectivity index (χ1v) is 9.45. The number of carbonyl (C=O) groups excluding carboxylic acids is 1. The van der Waals surface area contributed by atoms with Gasteiger partial charge in [-0.25, -0.2) is 4.98 Å². The number of carbonyl (C=O) groups is 1. The largest absolute Gasteiger partial charge is 0.440 e. The Kier molecular flexibility index (Phi) is 6.29. The summed E-state index contributed by atoms with van der Waals surface area (Å²) in [5, 5.41) is 3.65. The van der Waals surface area contributed by atoms with E-state index in [0.717, 1.165) is 35.2 Å². The van der Waals surface area contributed by atoms with Crippen molar-refractivity contribution in [1.82, 2.24) is 4.98 Å². The minimum Gasteiger partial charge on any atom is -0.440 e. The lowest BCUT2D eigenvalue weighted by Gasteiger charge is -2.04. The molecule has 1 N–H and O–H groups in total. The van der Waals surface area contributed by atoms with E-state index < -0.39 is 0 Å². The van der Waals surface area contributed by atoms with E-state index in [1.165, 1.54) is 12.8 Å². The summed E-state index contributed by atoms with van der Waals surface area (Å²) < 4.78 is 5.80. The number of benzene rings is 2. The topological polar surface area (TPSA) is 55.1 Å². The molecule has 0 aliphatic carbocycles. The first-order chi connectivity index (χ1) is 12.6. The number of amides is 1. The highest BCUT2D eigenvalue weighted by Gasteiger charge is 2.09. The van der Waals surface area contributed by atoms with Crippen LogP contribution >= 0.6 is 11.6 Å². The highest BCUT2D eigenvalue weighted by Crippen LogP contribution is 2.22. The van der Waals surface area contributed by atoms with Gasteiger partial charge in [-0.05, 0) is 42.3 Å². The molecule has 0 spiro atoms. The molecule has 1 amide bonds. The minimum atomic E-state index is 0.0466. The number of nitrogens with zero attached hydrogens (tertiary/aromatic N) is 1. The van der Waals surface area contributed by atoms with Crippen LogP contribution in [0.5, 0.6) is 0 Å². The van der Waals surface area contributed by atoms with Crippen LogP contribution in [0.1, 0.15) is 50.5 Å². The van der Waals surface area contributed by atoms with E-state index in [0.29, 0.717) is 23.8 Å². The molecule has 0 unspecified atom stereocenters. The van der Waals surface area contributed by atoms with Crippen molar-refractivity contribution < 1.29 is 9.21 Å². The molecule has 0 radical (unpaired) electrons. The second kappa shape index (κ2) is 8.86. The molecule has 0 saturated carbocycles.